The highest BCUT2D eigenvalue weighted by molar-refractivity contribution is 5.77. The van der Waals surface area contributed by atoms with Gasteiger partial charge < -0.3 is 20.6 Å². The molecule has 6 nitrogen and oxygen atoms in total. The number of rotatable bonds is 2. The van der Waals surface area contributed by atoms with Gasteiger partial charge in [-0.15, -0.1) is 0 Å². The van der Waals surface area contributed by atoms with Crippen LogP contribution >= 0.6 is 0 Å². The smallest absolute Gasteiger partial charge is 0.320 e. The number of hydrogen-bond donors (Lipinski definition) is 2. The number of hydrogen-bond acceptors (Lipinski definition) is 3. The van der Waals surface area contributed by atoms with Gasteiger partial charge >= 0.3 is 12.0 Å². The highest BCUT2D eigenvalue weighted by atomic mass is 16.4. The van der Waals surface area contributed by atoms with Crippen molar-refractivity contribution in [3.05, 3.63) is 0 Å². The summed E-state index contributed by atoms with van der Waals surface area (Å²) < 4.78 is 0. The van der Waals surface area contributed by atoms with Gasteiger partial charge in [-0.2, -0.15) is 0 Å². The van der Waals surface area contributed by atoms with Crippen molar-refractivity contribution in [3.8, 4) is 0 Å². The summed E-state index contributed by atoms with van der Waals surface area (Å²) in [5, 5.41) is 9.17. The van der Waals surface area contributed by atoms with Crippen molar-refractivity contribution in [2.75, 3.05) is 32.7 Å². The first-order valence-corrected chi connectivity index (χ1v) is 6.93. The van der Waals surface area contributed by atoms with Gasteiger partial charge in [-0.3, -0.25) is 4.79 Å². The number of likely N-dealkylation sites (tertiary alicyclic amines) is 2. The van der Waals surface area contributed by atoms with Gasteiger partial charge in [0.05, 0.1) is 5.41 Å². The second-order valence-electron chi connectivity index (χ2n) is 5.97. The zero-order valence-electron chi connectivity index (χ0n) is 11.5. The highest BCUT2D eigenvalue weighted by Crippen LogP contribution is 2.31. The van der Waals surface area contributed by atoms with Crippen LogP contribution in [-0.4, -0.2) is 59.6 Å². The van der Waals surface area contributed by atoms with Crippen LogP contribution in [0.15, 0.2) is 0 Å². The van der Waals surface area contributed by atoms with E-state index in [0.717, 1.165) is 19.5 Å². The van der Waals surface area contributed by atoms with Crippen molar-refractivity contribution < 1.29 is 14.7 Å². The van der Waals surface area contributed by atoms with Crippen LogP contribution in [-0.2, 0) is 4.79 Å². The van der Waals surface area contributed by atoms with E-state index in [0.29, 0.717) is 38.4 Å². The zero-order valence-corrected chi connectivity index (χ0v) is 11.5. The van der Waals surface area contributed by atoms with Crippen LogP contribution in [0.25, 0.3) is 0 Å². The van der Waals surface area contributed by atoms with E-state index in [9.17, 15) is 14.7 Å². The number of carboxylic acids is 1. The van der Waals surface area contributed by atoms with Crippen molar-refractivity contribution in [1.82, 2.24) is 9.80 Å². The minimum Gasteiger partial charge on any atom is -0.481 e. The van der Waals surface area contributed by atoms with E-state index >= 15 is 0 Å². The summed E-state index contributed by atoms with van der Waals surface area (Å²) >= 11 is 0. The van der Waals surface area contributed by atoms with E-state index in [1.165, 1.54) is 0 Å². The molecule has 6 heteroatoms. The Hall–Kier alpha value is -1.30. The molecule has 0 radical (unpaired) electrons. The van der Waals surface area contributed by atoms with Gasteiger partial charge in [-0.05, 0) is 38.6 Å². The topological polar surface area (TPSA) is 86.9 Å². The fourth-order valence-electron chi connectivity index (χ4n) is 2.80. The molecule has 2 saturated heterocycles. The molecule has 0 bridgehead atoms. The first-order chi connectivity index (χ1) is 8.96. The lowest BCUT2D eigenvalue weighted by molar-refractivity contribution is -0.150. The maximum Gasteiger partial charge on any atom is 0.320 e. The van der Waals surface area contributed by atoms with Crippen molar-refractivity contribution in [3.63, 3.8) is 0 Å². The third-order valence-electron chi connectivity index (χ3n) is 4.54. The van der Waals surface area contributed by atoms with Crippen LogP contribution in [0, 0.1) is 11.3 Å². The average Bonchev–Trinajstić information content (AvgIpc) is 2.87. The largest absolute Gasteiger partial charge is 0.481 e. The number of amides is 2. The van der Waals surface area contributed by atoms with Gasteiger partial charge in [0.25, 0.3) is 0 Å². The lowest BCUT2D eigenvalue weighted by Crippen LogP contribution is -2.49. The van der Waals surface area contributed by atoms with Crippen LogP contribution in [0.2, 0.25) is 0 Å². The molecule has 2 fully saturated rings. The molecule has 19 heavy (non-hydrogen) atoms. The summed E-state index contributed by atoms with van der Waals surface area (Å²) in [5.74, 6) is -0.345. The van der Waals surface area contributed by atoms with Crippen LogP contribution < -0.4 is 5.73 Å². The van der Waals surface area contributed by atoms with Gasteiger partial charge in [0.1, 0.15) is 0 Å². The maximum atomic E-state index is 12.3. The van der Waals surface area contributed by atoms with Gasteiger partial charge in [-0.25, -0.2) is 4.79 Å². The molecule has 2 aliphatic heterocycles. The lowest BCUT2D eigenvalue weighted by Gasteiger charge is -2.38. The van der Waals surface area contributed by atoms with E-state index in [4.69, 9.17) is 5.73 Å². The van der Waals surface area contributed by atoms with Crippen molar-refractivity contribution >= 4 is 12.0 Å². The van der Waals surface area contributed by atoms with E-state index < -0.39 is 11.4 Å². The van der Waals surface area contributed by atoms with Crippen LogP contribution in [0.3, 0.4) is 0 Å². The first-order valence-electron chi connectivity index (χ1n) is 6.93. The van der Waals surface area contributed by atoms with E-state index in [2.05, 4.69) is 0 Å². The molecular weight excluding hydrogens is 246 g/mol. The minimum absolute atomic E-state index is 0.0448. The lowest BCUT2D eigenvalue weighted by atomic mass is 9.80. The standard InChI is InChI=1S/C13H23N3O3/c1-13(11(17)18)3-6-15(7-4-13)12(19)16-5-2-10(8-14)9-16/h10H,2-9,14H2,1H3,(H,17,18). The number of carbonyl (C=O) groups excluding carboxylic acids is 1. The Morgan fingerprint density at radius 1 is 1.26 bits per heavy atom. The molecule has 0 saturated carbocycles. The number of carboxylic acid groups (broad SMARTS) is 1. The predicted molar refractivity (Wildman–Crippen MR) is 70.7 cm³/mol. The number of piperidine rings is 1. The maximum absolute atomic E-state index is 12.3. The summed E-state index contributed by atoms with van der Waals surface area (Å²) in [6.07, 6.45) is 2.04. The van der Waals surface area contributed by atoms with E-state index in [-0.39, 0.29) is 6.03 Å². The number of aliphatic carboxylic acids is 1. The molecule has 2 heterocycles. The molecule has 1 atom stereocenters. The van der Waals surface area contributed by atoms with Crippen LogP contribution in [0.1, 0.15) is 26.2 Å². The first kappa shape index (κ1) is 14.1. The fourth-order valence-corrected chi connectivity index (χ4v) is 2.80. The minimum atomic E-state index is -0.760. The molecule has 0 spiro atoms. The van der Waals surface area contributed by atoms with Gasteiger partial charge in [0, 0.05) is 26.2 Å². The SMILES string of the molecule is CC1(C(=O)O)CCN(C(=O)N2CCC(CN)C2)CC1. The quantitative estimate of drug-likeness (QED) is 0.767. The summed E-state index contributed by atoms with van der Waals surface area (Å²) in [5.41, 5.74) is 4.95. The van der Waals surface area contributed by atoms with Gasteiger partial charge in [0.2, 0.25) is 0 Å². The Balaban J connectivity index is 1.88. The molecule has 0 aromatic heterocycles. The van der Waals surface area contributed by atoms with Crippen LogP contribution in [0.4, 0.5) is 4.79 Å². The summed E-state index contributed by atoms with van der Waals surface area (Å²) in [7, 11) is 0. The van der Waals surface area contributed by atoms with Crippen molar-refractivity contribution in [2.45, 2.75) is 26.2 Å². The molecule has 0 aromatic carbocycles. The molecule has 0 aromatic rings. The predicted octanol–water partition coefficient (Wildman–Crippen LogP) is 0.574. The second kappa shape index (κ2) is 5.36. The van der Waals surface area contributed by atoms with E-state index in [1.54, 1.807) is 11.8 Å². The highest BCUT2D eigenvalue weighted by Gasteiger charge is 2.39. The Labute approximate surface area is 113 Å². The average molecular weight is 269 g/mol. The third kappa shape index (κ3) is 2.83. The molecule has 108 valence electrons. The Kier molecular flexibility index (Phi) is 3.99. The monoisotopic (exact) mass is 269 g/mol. The molecule has 2 rings (SSSR count). The third-order valence-corrected chi connectivity index (χ3v) is 4.54. The number of nitrogens with two attached hydrogens (primary N) is 1. The Bertz CT molecular complexity index is 364. The second-order valence-corrected chi connectivity index (χ2v) is 5.97. The van der Waals surface area contributed by atoms with Crippen molar-refractivity contribution in [2.24, 2.45) is 17.1 Å². The Morgan fingerprint density at radius 3 is 2.37 bits per heavy atom. The van der Waals surface area contributed by atoms with Crippen LogP contribution in [0.5, 0.6) is 0 Å². The van der Waals surface area contributed by atoms with E-state index in [1.807, 2.05) is 4.90 Å². The number of nitrogens with zero attached hydrogens (tertiary/aromatic N) is 2. The number of carbonyl (C=O) groups is 2. The molecule has 0 aliphatic carbocycles. The Morgan fingerprint density at radius 2 is 1.89 bits per heavy atom. The fraction of sp³-hybridized carbons (Fsp3) is 0.846. The number of urea groups is 1. The van der Waals surface area contributed by atoms with Gasteiger partial charge in [-0.1, -0.05) is 0 Å². The molecular formula is C13H23N3O3. The van der Waals surface area contributed by atoms with Gasteiger partial charge in [0.15, 0.2) is 0 Å². The summed E-state index contributed by atoms with van der Waals surface area (Å²) in [4.78, 5) is 27.1. The normalized spacial score (nSPS) is 26.5. The molecule has 1 unspecified atom stereocenters. The molecule has 2 aliphatic rings. The summed E-state index contributed by atoms with van der Waals surface area (Å²) in [6.45, 7) is 4.96. The zero-order chi connectivity index (χ0) is 14.0. The molecule has 3 N–H and O–H groups in total. The van der Waals surface area contributed by atoms with Crippen molar-refractivity contribution in [1.29, 1.82) is 0 Å². The molecule has 2 amide bonds. The summed E-state index contributed by atoms with van der Waals surface area (Å²) in [6, 6.07) is 0.0448.